The minimum Gasteiger partial charge on any atom is -0.327 e. The summed E-state index contributed by atoms with van der Waals surface area (Å²) in [5.41, 5.74) is 6.54. The van der Waals surface area contributed by atoms with Gasteiger partial charge in [0.15, 0.2) is 5.65 Å². The lowest BCUT2D eigenvalue weighted by atomic mass is 9.87. The van der Waals surface area contributed by atoms with E-state index >= 15 is 0 Å². The summed E-state index contributed by atoms with van der Waals surface area (Å²) in [6, 6.07) is 34.3. The van der Waals surface area contributed by atoms with Crippen molar-refractivity contribution in [2.45, 2.75) is 12.5 Å². The lowest BCUT2D eigenvalue weighted by Gasteiger charge is -2.38. The van der Waals surface area contributed by atoms with Gasteiger partial charge < -0.3 is 4.90 Å². The Morgan fingerprint density at radius 1 is 0.824 bits per heavy atom. The van der Waals surface area contributed by atoms with E-state index in [1.807, 2.05) is 71.6 Å². The first-order chi connectivity index (χ1) is 16.8. The Hall–Kier alpha value is -4.31. The first-order valence-corrected chi connectivity index (χ1v) is 11.5. The molecular formula is C30H23N3O. The van der Waals surface area contributed by atoms with E-state index in [9.17, 15) is 4.79 Å². The summed E-state index contributed by atoms with van der Waals surface area (Å²) in [7, 11) is 0. The van der Waals surface area contributed by atoms with Gasteiger partial charge in [-0.15, -0.1) is 0 Å². The van der Waals surface area contributed by atoms with Crippen LogP contribution in [0.1, 0.15) is 33.1 Å². The molecule has 2 aromatic heterocycles. The summed E-state index contributed by atoms with van der Waals surface area (Å²) < 4.78 is 0. The standard InChI is InChI=1S/C30H23N3O/c34-30(26-20-27(22-11-3-1-4-12-22)32-29-25(26)16-9-18-31-29)33-19-17-21-10-7-8-15-24(21)28(33)23-13-5-2-6-14-23/h1-16,18,20,28H,17,19H2/t28-/m1/s1. The molecule has 5 aromatic rings. The summed E-state index contributed by atoms with van der Waals surface area (Å²) in [4.78, 5) is 25.5. The van der Waals surface area contributed by atoms with Crippen molar-refractivity contribution in [3.63, 3.8) is 0 Å². The molecule has 164 valence electrons. The highest BCUT2D eigenvalue weighted by molar-refractivity contribution is 6.06. The number of hydrogen-bond acceptors (Lipinski definition) is 3. The summed E-state index contributed by atoms with van der Waals surface area (Å²) in [5.74, 6) is 0.000868. The number of carbonyl (C=O) groups is 1. The van der Waals surface area contributed by atoms with E-state index in [0.29, 0.717) is 17.8 Å². The second-order valence-electron chi connectivity index (χ2n) is 8.56. The van der Waals surface area contributed by atoms with Crippen LogP contribution in [-0.2, 0) is 6.42 Å². The van der Waals surface area contributed by atoms with Gasteiger partial charge in [-0.2, -0.15) is 0 Å². The molecule has 4 nitrogen and oxygen atoms in total. The van der Waals surface area contributed by atoms with Crippen LogP contribution in [0.3, 0.4) is 0 Å². The fraction of sp³-hybridized carbons (Fsp3) is 0.100. The molecular weight excluding hydrogens is 418 g/mol. The van der Waals surface area contributed by atoms with Crippen LogP contribution in [-0.4, -0.2) is 27.3 Å². The number of amides is 1. The molecule has 6 rings (SSSR count). The molecule has 0 radical (unpaired) electrons. The Kier molecular flexibility index (Phi) is 5.11. The Balaban J connectivity index is 1.51. The highest BCUT2D eigenvalue weighted by atomic mass is 16.2. The highest BCUT2D eigenvalue weighted by Gasteiger charge is 2.33. The van der Waals surface area contributed by atoms with Crippen molar-refractivity contribution < 1.29 is 4.79 Å². The zero-order valence-corrected chi connectivity index (χ0v) is 18.6. The molecule has 0 N–H and O–H groups in total. The third kappa shape index (κ3) is 3.54. The van der Waals surface area contributed by atoms with E-state index in [2.05, 4.69) is 41.4 Å². The molecule has 0 unspecified atom stereocenters. The van der Waals surface area contributed by atoms with Crippen LogP contribution < -0.4 is 0 Å². The molecule has 0 saturated carbocycles. The van der Waals surface area contributed by atoms with Gasteiger partial charge in [0.05, 0.1) is 17.3 Å². The fourth-order valence-corrected chi connectivity index (χ4v) is 4.93. The number of benzene rings is 3. The van der Waals surface area contributed by atoms with Crippen LogP contribution in [0.5, 0.6) is 0 Å². The summed E-state index contributed by atoms with van der Waals surface area (Å²) >= 11 is 0. The molecule has 1 amide bonds. The first-order valence-electron chi connectivity index (χ1n) is 11.5. The van der Waals surface area contributed by atoms with Crippen LogP contribution >= 0.6 is 0 Å². The smallest absolute Gasteiger partial charge is 0.255 e. The molecule has 1 atom stereocenters. The van der Waals surface area contributed by atoms with E-state index in [0.717, 1.165) is 28.6 Å². The highest BCUT2D eigenvalue weighted by Crippen LogP contribution is 2.37. The number of carbonyl (C=O) groups excluding carboxylic acids is 1. The molecule has 0 aliphatic carbocycles. The quantitative estimate of drug-likeness (QED) is 0.341. The van der Waals surface area contributed by atoms with Gasteiger partial charge in [0, 0.05) is 23.7 Å². The SMILES string of the molecule is O=C(c1cc(-c2ccccc2)nc2ncccc12)N1CCc2ccccc2[C@H]1c1ccccc1. The molecule has 34 heavy (non-hydrogen) atoms. The summed E-state index contributed by atoms with van der Waals surface area (Å²) in [6.07, 6.45) is 2.56. The van der Waals surface area contributed by atoms with Crippen LogP contribution in [0.4, 0.5) is 0 Å². The predicted octanol–water partition coefficient (Wildman–Crippen LogP) is 6.08. The van der Waals surface area contributed by atoms with Crippen LogP contribution in [0.15, 0.2) is 109 Å². The molecule has 1 aliphatic rings. The average Bonchev–Trinajstić information content (AvgIpc) is 2.92. The summed E-state index contributed by atoms with van der Waals surface area (Å²) in [5, 5.41) is 0.776. The summed E-state index contributed by atoms with van der Waals surface area (Å²) in [6.45, 7) is 0.653. The van der Waals surface area contributed by atoms with Gasteiger partial charge in [-0.1, -0.05) is 84.9 Å². The molecule has 3 heterocycles. The van der Waals surface area contributed by atoms with Crippen LogP contribution in [0, 0.1) is 0 Å². The molecule has 0 spiro atoms. The number of fused-ring (bicyclic) bond motifs is 2. The van der Waals surface area contributed by atoms with Crippen molar-refractivity contribution in [3.05, 3.63) is 132 Å². The lowest BCUT2D eigenvalue weighted by molar-refractivity contribution is 0.0696. The molecule has 1 aliphatic heterocycles. The van der Waals surface area contributed by atoms with Crippen molar-refractivity contribution >= 4 is 16.9 Å². The zero-order chi connectivity index (χ0) is 22.9. The zero-order valence-electron chi connectivity index (χ0n) is 18.6. The van der Waals surface area contributed by atoms with E-state index in [1.54, 1.807) is 6.20 Å². The lowest BCUT2D eigenvalue weighted by Crippen LogP contribution is -2.40. The number of nitrogens with zero attached hydrogens (tertiary/aromatic N) is 3. The first kappa shape index (κ1) is 20.3. The van der Waals surface area contributed by atoms with Crippen molar-refractivity contribution in [3.8, 4) is 11.3 Å². The number of rotatable bonds is 3. The second kappa shape index (κ2) is 8.56. The third-order valence-corrected chi connectivity index (χ3v) is 6.54. The van der Waals surface area contributed by atoms with Gasteiger partial charge in [0.25, 0.3) is 5.91 Å². The van der Waals surface area contributed by atoms with Gasteiger partial charge in [-0.25, -0.2) is 9.97 Å². The van der Waals surface area contributed by atoms with Gasteiger partial charge in [-0.3, -0.25) is 4.79 Å². The largest absolute Gasteiger partial charge is 0.327 e. The minimum absolute atomic E-state index is 0.000868. The minimum atomic E-state index is -0.140. The monoisotopic (exact) mass is 441 g/mol. The number of hydrogen-bond donors (Lipinski definition) is 0. The number of pyridine rings is 2. The molecule has 3 aromatic carbocycles. The Labute approximate surface area is 198 Å². The maximum atomic E-state index is 14.3. The van der Waals surface area contributed by atoms with E-state index < -0.39 is 0 Å². The van der Waals surface area contributed by atoms with E-state index in [1.165, 1.54) is 11.1 Å². The van der Waals surface area contributed by atoms with Crippen LogP contribution in [0.2, 0.25) is 0 Å². The van der Waals surface area contributed by atoms with Gasteiger partial charge >= 0.3 is 0 Å². The maximum Gasteiger partial charge on any atom is 0.255 e. The molecule has 0 fully saturated rings. The topological polar surface area (TPSA) is 46.1 Å². The Morgan fingerprint density at radius 3 is 2.38 bits per heavy atom. The van der Waals surface area contributed by atoms with Gasteiger partial charge in [0.2, 0.25) is 0 Å². The molecule has 0 bridgehead atoms. The van der Waals surface area contributed by atoms with Crippen molar-refractivity contribution in [1.82, 2.24) is 14.9 Å². The fourth-order valence-electron chi connectivity index (χ4n) is 4.93. The van der Waals surface area contributed by atoms with E-state index in [4.69, 9.17) is 4.98 Å². The maximum absolute atomic E-state index is 14.3. The Bertz CT molecular complexity index is 1480. The molecule has 0 saturated heterocycles. The van der Waals surface area contributed by atoms with Gasteiger partial charge in [0.1, 0.15) is 0 Å². The van der Waals surface area contributed by atoms with Crippen molar-refractivity contribution in [2.75, 3.05) is 6.54 Å². The van der Waals surface area contributed by atoms with Crippen LogP contribution in [0.25, 0.3) is 22.3 Å². The average molecular weight is 442 g/mol. The van der Waals surface area contributed by atoms with Gasteiger partial charge in [-0.05, 0) is 41.3 Å². The third-order valence-electron chi connectivity index (χ3n) is 6.54. The molecule has 4 heteroatoms. The Morgan fingerprint density at radius 2 is 1.56 bits per heavy atom. The van der Waals surface area contributed by atoms with Crippen molar-refractivity contribution in [1.29, 1.82) is 0 Å². The second-order valence-corrected chi connectivity index (χ2v) is 8.56. The normalized spacial score (nSPS) is 15.2. The van der Waals surface area contributed by atoms with Crippen molar-refractivity contribution in [2.24, 2.45) is 0 Å². The van der Waals surface area contributed by atoms with E-state index in [-0.39, 0.29) is 11.9 Å². The number of aromatic nitrogens is 2. The predicted molar refractivity (Wildman–Crippen MR) is 134 cm³/mol.